The highest BCUT2D eigenvalue weighted by Crippen LogP contribution is 2.18. The maximum atomic E-state index is 2.44. The van der Waals surface area contributed by atoms with Crippen LogP contribution in [-0.4, -0.2) is 123 Å². The average molecular weight is 655 g/mol. The molecule has 0 heterocycles. The van der Waals surface area contributed by atoms with Crippen LogP contribution in [0.4, 0.5) is 0 Å². The molecule has 0 aromatic carbocycles. The van der Waals surface area contributed by atoms with Gasteiger partial charge in [0.25, 0.3) is 0 Å². The predicted molar refractivity (Wildman–Crippen MR) is 210 cm³/mol. The molecule has 0 fully saturated rings. The highest BCUT2D eigenvalue weighted by molar-refractivity contribution is 4.53. The van der Waals surface area contributed by atoms with Gasteiger partial charge < -0.3 is 17.9 Å². The Morgan fingerprint density at radius 2 is 0.304 bits per heavy atom. The van der Waals surface area contributed by atoms with Gasteiger partial charge in [-0.25, -0.2) is 0 Å². The van der Waals surface area contributed by atoms with Gasteiger partial charge in [0.1, 0.15) is 0 Å². The van der Waals surface area contributed by atoms with E-state index in [0.29, 0.717) is 0 Å². The maximum absolute atomic E-state index is 2.44. The first-order valence-corrected chi connectivity index (χ1v) is 21.6. The van der Waals surface area contributed by atoms with E-state index < -0.39 is 0 Å². The number of hydrogen-bond donors (Lipinski definition) is 0. The Hall–Kier alpha value is -0.160. The lowest BCUT2D eigenvalue weighted by molar-refractivity contribution is -0.925. The normalized spacial score (nSPS) is 13.2. The van der Waals surface area contributed by atoms with Crippen LogP contribution in [0.1, 0.15) is 172 Å². The first-order valence-electron chi connectivity index (χ1n) is 21.6. The van der Waals surface area contributed by atoms with Crippen LogP contribution in [0.5, 0.6) is 0 Å². The molecule has 0 spiro atoms. The van der Waals surface area contributed by atoms with Crippen LogP contribution in [0.25, 0.3) is 0 Å². The van der Waals surface area contributed by atoms with E-state index in [9.17, 15) is 0 Å². The monoisotopic (exact) mass is 655 g/mol. The zero-order valence-corrected chi connectivity index (χ0v) is 34.4. The van der Waals surface area contributed by atoms with Gasteiger partial charge in [-0.15, -0.1) is 0 Å². The third kappa shape index (κ3) is 18.0. The van der Waals surface area contributed by atoms with Crippen molar-refractivity contribution in [2.75, 3.05) is 105 Å². The summed E-state index contributed by atoms with van der Waals surface area (Å²) in [5, 5.41) is 0. The van der Waals surface area contributed by atoms with Crippen molar-refractivity contribution in [2.24, 2.45) is 0 Å². The molecule has 0 aliphatic heterocycles. The molecule has 0 aliphatic carbocycles. The van der Waals surface area contributed by atoms with Crippen molar-refractivity contribution >= 4 is 0 Å². The summed E-state index contributed by atoms with van der Waals surface area (Å²) in [7, 11) is 0. The fourth-order valence-corrected chi connectivity index (χ4v) is 8.68. The molecule has 0 bridgehead atoms. The number of nitrogens with zero attached hydrogens (tertiary/aromatic N) is 4. The van der Waals surface area contributed by atoms with Crippen molar-refractivity contribution in [3.05, 3.63) is 0 Å². The molecule has 0 atom stereocenters. The number of rotatable bonds is 35. The lowest BCUT2D eigenvalue weighted by atomic mass is 10.1. The Morgan fingerprint density at radius 1 is 0.174 bits per heavy atom. The first-order chi connectivity index (χ1) is 22.2. The van der Waals surface area contributed by atoms with Gasteiger partial charge in [0, 0.05) is 0 Å². The minimum Gasteiger partial charge on any atom is -0.324 e. The molecule has 0 saturated heterocycles. The van der Waals surface area contributed by atoms with Gasteiger partial charge >= 0.3 is 0 Å². The zero-order valence-electron chi connectivity index (χ0n) is 34.4. The Bertz CT molecular complexity index is 574. The summed E-state index contributed by atoms with van der Waals surface area (Å²) >= 11 is 0. The van der Waals surface area contributed by atoms with Crippen molar-refractivity contribution in [2.45, 2.75) is 172 Å². The lowest BCUT2D eigenvalue weighted by Crippen LogP contribution is -2.49. The van der Waals surface area contributed by atoms with E-state index >= 15 is 0 Å². The van der Waals surface area contributed by atoms with E-state index in [1.807, 2.05) is 0 Å². The van der Waals surface area contributed by atoms with Crippen LogP contribution in [-0.2, 0) is 0 Å². The Balaban J connectivity index is 4.10. The van der Waals surface area contributed by atoms with E-state index in [1.165, 1.54) is 225 Å². The second-order valence-corrected chi connectivity index (χ2v) is 15.5. The van der Waals surface area contributed by atoms with E-state index in [0.717, 1.165) is 0 Å². The Morgan fingerprint density at radius 3 is 0.457 bits per heavy atom. The quantitative estimate of drug-likeness (QED) is 0.0471. The van der Waals surface area contributed by atoms with Crippen LogP contribution < -0.4 is 0 Å². The summed E-state index contributed by atoms with van der Waals surface area (Å²) in [5.74, 6) is 0. The molecule has 4 nitrogen and oxygen atoms in total. The molecule has 0 rings (SSSR count). The number of unbranched alkanes of at least 4 members (excludes halogenated alkanes) is 13. The molecule has 0 N–H and O–H groups in total. The average Bonchev–Trinajstić information content (AvgIpc) is 3.10. The van der Waals surface area contributed by atoms with Crippen molar-refractivity contribution in [1.82, 2.24) is 0 Å². The Labute approximate surface area is 294 Å². The number of hydrogen-bond acceptors (Lipinski definition) is 0. The van der Waals surface area contributed by atoms with Crippen LogP contribution >= 0.6 is 0 Å². The molecule has 0 saturated carbocycles. The molecule has 278 valence electrons. The third-order valence-corrected chi connectivity index (χ3v) is 13.8. The summed E-state index contributed by atoms with van der Waals surface area (Å²) in [4.78, 5) is 0. The molecule has 46 heavy (non-hydrogen) atoms. The SMILES string of the molecule is CC[N+](CC)(CC)CCCCCC[N+](CC)(CC)CCCCCCCCCC[N+](CC)(CC)CCCCCC[N+](CC)(CC)CC. The lowest BCUT2D eigenvalue weighted by Gasteiger charge is -2.37. The predicted octanol–water partition coefficient (Wildman–Crippen LogP) is 10.7. The smallest absolute Gasteiger partial charge is 0.0786 e. The summed E-state index contributed by atoms with van der Waals surface area (Å²) in [6, 6.07) is 0. The second-order valence-electron chi connectivity index (χ2n) is 15.5. The fourth-order valence-electron chi connectivity index (χ4n) is 8.68. The van der Waals surface area contributed by atoms with E-state index in [-0.39, 0.29) is 0 Å². The van der Waals surface area contributed by atoms with Crippen molar-refractivity contribution in [3.8, 4) is 0 Å². The van der Waals surface area contributed by atoms with Crippen molar-refractivity contribution in [3.63, 3.8) is 0 Å². The van der Waals surface area contributed by atoms with E-state index in [2.05, 4.69) is 69.2 Å². The second kappa shape index (κ2) is 27.6. The standard InChI is InChI=1S/C42H94N4/c1-11-43(12-2,13-3)37-31-27-29-35-41-45(17-7,18-8)39-33-25-23-21-22-24-26-34-40-46(19-9,20-10)42-36-30-28-32-38-44(14-4,15-5)16-6/h11-42H2,1-10H3/q+4. The molecule has 0 aromatic heterocycles. The van der Waals surface area contributed by atoms with Crippen molar-refractivity contribution in [1.29, 1.82) is 0 Å². The maximum Gasteiger partial charge on any atom is 0.0786 e. The van der Waals surface area contributed by atoms with E-state index in [4.69, 9.17) is 0 Å². The summed E-state index contributed by atoms with van der Waals surface area (Å²) in [6.07, 6.45) is 23.0. The van der Waals surface area contributed by atoms with E-state index in [1.54, 1.807) is 0 Å². The van der Waals surface area contributed by atoms with Gasteiger partial charge in [-0.05, 0) is 146 Å². The van der Waals surface area contributed by atoms with Crippen LogP contribution in [0, 0.1) is 0 Å². The van der Waals surface area contributed by atoms with Crippen LogP contribution in [0.3, 0.4) is 0 Å². The zero-order chi connectivity index (χ0) is 34.6. The highest BCUT2D eigenvalue weighted by atomic mass is 15.4. The van der Waals surface area contributed by atoms with Crippen LogP contribution in [0.15, 0.2) is 0 Å². The molecule has 0 radical (unpaired) electrons. The van der Waals surface area contributed by atoms with Gasteiger partial charge in [-0.3, -0.25) is 0 Å². The van der Waals surface area contributed by atoms with Gasteiger partial charge in [0.15, 0.2) is 0 Å². The van der Waals surface area contributed by atoms with Crippen molar-refractivity contribution < 1.29 is 17.9 Å². The topological polar surface area (TPSA) is 0 Å². The Kier molecular flexibility index (Phi) is 27.5. The molecule has 4 heteroatoms. The summed E-state index contributed by atoms with van der Waals surface area (Å²) < 4.78 is 5.37. The minimum atomic E-state index is 1.30. The fraction of sp³-hybridized carbons (Fsp3) is 1.00. The van der Waals surface area contributed by atoms with Gasteiger partial charge in [0.2, 0.25) is 0 Å². The third-order valence-electron chi connectivity index (χ3n) is 13.8. The molecule has 0 amide bonds. The first kappa shape index (κ1) is 45.8. The highest BCUT2D eigenvalue weighted by Gasteiger charge is 2.24. The summed E-state index contributed by atoms with van der Waals surface area (Å²) in [6.45, 7) is 45.6. The number of quaternary nitrogens is 4. The molecular weight excluding hydrogens is 560 g/mol. The molecule has 0 aliphatic rings. The minimum absolute atomic E-state index is 1.30. The molecular formula is C42H94N4+4. The molecule has 0 aromatic rings. The van der Waals surface area contributed by atoms with Crippen LogP contribution in [0.2, 0.25) is 0 Å². The largest absolute Gasteiger partial charge is 0.324 e. The van der Waals surface area contributed by atoms with Gasteiger partial charge in [-0.1, -0.05) is 25.7 Å². The summed E-state index contributed by atoms with van der Waals surface area (Å²) in [5.41, 5.74) is 0. The molecule has 0 unspecified atom stereocenters. The van der Waals surface area contributed by atoms with Gasteiger partial charge in [0.05, 0.1) is 105 Å². The van der Waals surface area contributed by atoms with Gasteiger partial charge in [-0.2, -0.15) is 0 Å².